The third-order valence-electron chi connectivity index (χ3n) is 3.24. The van der Waals surface area contributed by atoms with Gasteiger partial charge in [0.05, 0.1) is 12.6 Å². The van der Waals surface area contributed by atoms with Crippen molar-refractivity contribution < 1.29 is 4.74 Å². The van der Waals surface area contributed by atoms with E-state index in [1.807, 2.05) is 0 Å². The smallest absolute Gasteiger partial charge is 0.0684 e. The van der Waals surface area contributed by atoms with E-state index in [0.29, 0.717) is 6.10 Å². The van der Waals surface area contributed by atoms with Crippen LogP contribution in [0.25, 0.3) is 0 Å². The summed E-state index contributed by atoms with van der Waals surface area (Å²) in [6.45, 7) is 6.34. The van der Waals surface area contributed by atoms with Gasteiger partial charge in [0.15, 0.2) is 0 Å². The molecule has 2 aliphatic rings. The van der Waals surface area contributed by atoms with Crippen molar-refractivity contribution in [2.45, 2.75) is 31.8 Å². The van der Waals surface area contributed by atoms with Crippen LogP contribution in [-0.4, -0.2) is 50.3 Å². The molecule has 0 saturated carbocycles. The predicted octanol–water partition coefficient (Wildman–Crippen LogP) is 0.854. The zero-order valence-corrected chi connectivity index (χ0v) is 10.0. The van der Waals surface area contributed by atoms with Gasteiger partial charge in [-0.3, -0.25) is 4.90 Å². The van der Waals surface area contributed by atoms with Crippen LogP contribution in [-0.2, 0) is 4.74 Å². The van der Waals surface area contributed by atoms with Gasteiger partial charge >= 0.3 is 0 Å². The normalized spacial score (nSPS) is 27.1. The van der Waals surface area contributed by atoms with Crippen LogP contribution >= 0.6 is 0 Å². The molecule has 3 nitrogen and oxygen atoms in total. The van der Waals surface area contributed by atoms with Gasteiger partial charge in [0.1, 0.15) is 0 Å². The van der Waals surface area contributed by atoms with Crippen molar-refractivity contribution >= 4 is 0 Å². The second kappa shape index (κ2) is 6.90. The molecule has 3 heteroatoms. The van der Waals surface area contributed by atoms with Crippen LogP contribution in [0.1, 0.15) is 25.7 Å². The topological polar surface area (TPSA) is 24.5 Å². The summed E-state index contributed by atoms with van der Waals surface area (Å²) in [4.78, 5) is 2.41. The average Bonchev–Trinajstić information content (AvgIpc) is 2.37. The summed E-state index contributed by atoms with van der Waals surface area (Å²) in [6.07, 6.45) is 5.06. The lowest BCUT2D eigenvalue weighted by Gasteiger charge is -2.25. The Balaban J connectivity index is 1.61. The molecule has 90 valence electrons. The van der Waals surface area contributed by atoms with Crippen LogP contribution in [0.5, 0.6) is 0 Å². The van der Waals surface area contributed by atoms with E-state index in [0.717, 1.165) is 45.8 Å². The van der Waals surface area contributed by atoms with Gasteiger partial charge in [-0.15, -0.1) is 0 Å². The highest BCUT2D eigenvalue weighted by Gasteiger charge is 2.11. The molecule has 2 rings (SSSR count). The van der Waals surface area contributed by atoms with Crippen molar-refractivity contribution in [1.29, 1.82) is 0 Å². The quantitative estimate of drug-likeness (QED) is 0.701. The number of piperazine rings is 1. The van der Waals surface area contributed by atoms with Gasteiger partial charge in [-0.25, -0.2) is 0 Å². The monoisotopic (exact) mass is 222 g/mol. The Hall–Kier alpha value is -0.560. The summed E-state index contributed by atoms with van der Waals surface area (Å²) in [5, 5.41) is 3.35. The first-order valence-electron chi connectivity index (χ1n) is 6.45. The van der Waals surface area contributed by atoms with E-state index in [1.54, 1.807) is 0 Å². The zero-order valence-electron chi connectivity index (χ0n) is 10.0. The van der Waals surface area contributed by atoms with E-state index in [9.17, 15) is 0 Å². The fraction of sp³-hybridized carbons (Fsp3) is 0.846. The summed E-state index contributed by atoms with van der Waals surface area (Å²) in [6, 6.07) is 0. The average molecular weight is 222 g/mol. The molecule has 2 heterocycles. The van der Waals surface area contributed by atoms with Gasteiger partial charge in [0.25, 0.3) is 0 Å². The van der Waals surface area contributed by atoms with Gasteiger partial charge in [-0.2, -0.15) is 0 Å². The summed E-state index contributed by atoms with van der Waals surface area (Å²) in [5.74, 6) is 6.54. The summed E-state index contributed by atoms with van der Waals surface area (Å²) >= 11 is 0. The Bertz CT molecular complexity index is 220. The number of hydrogen-bond acceptors (Lipinski definition) is 3. The fourth-order valence-electron chi connectivity index (χ4n) is 2.19. The molecule has 0 bridgehead atoms. The molecule has 0 aromatic carbocycles. The lowest BCUT2D eigenvalue weighted by atomic mass is 10.1. The molecule has 0 spiro atoms. The maximum Gasteiger partial charge on any atom is 0.0684 e. The molecule has 0 amide bonds. The lowest BCUT2D eigenvalue weighted by molar-refractivity contribution is 0.0197. The highest BCUT2D eigenvalue weighted by Crippen LogP contribution is 2.14. The number of nitrogens with one attached hydrogen (secondary N) is 1. The third-order valence-corrected chi connectivity index (χ3v) is 3.24. The molecule has 0 aliphatic carbocycles. The predicted molar refractivity (Wildman–Crippen MR) is 65.3 cm³/mol. The van der Waals surface area contributed by atoms with Gasteiger partial charge in [0.2, 0.25) is 0 Å². The Morgan fingerprint density at radius 1 is 1.19 bits per heavy atom. The maximum atomic E-state index is 5.64. The Morgan fingerprint density at radius 3 is 2.81 bits per heavy atom. The van der Waals surface area contributed by atoms with Crippen LogP contribution in [0.3, 0.4) is 0 Å². The minimum absolute atomic E-state index is 0.407. The van der Waals surface area contributed by atoms with E-state index < -0.39 is 0 Å². The molecule has 1 unspecified atom stereocenters. The summed E-state index contributed by atoms with van der Waals surface area (Å²) in [7, 11) is 0. The minimum atomic E-state index is 0.407. The van der Waals surface area contributed by atoms with Gasteiger partial charge in [-0.05, 0) is 19.3 Å². The first-order chi connectivity index (χ1) is 7.95. The van der Waals surface area contributed by atoms with E-state index in [2.05, 4.69) is 22.1 Å². The molecule has 0 aromatic heterocycles. The molecule has 0 radical (unpaired) electrons. The standard InChI is InChI=1S/C13H22N2O/c1(5-13-6-2-4-12-16-13)3-9-15-10-7-14-8-11-15/h13-14H,2,4-12H2. The third kappa shape index (κ3) is 4.13. The number of ether oxygens (including phenoxy) is 1. The van der Waals surface area contributed by atoms with Gasteiger partial charge < -0.3 is 10.1 Å². The Morgan fingerprint density at radius 2 is 2.06 bits per heavy atom. The zero-order chi connectivity index (χ0) is 11.1. The van der Waals surface area contributed by atoms with E-state index in [1.165, 1.54) is 19.3 Å². The Kier molecular flexibility index (Phi) is 5.14. The lowest BCUT2D eigenvalue weighted by Crippen LogP contribution is -2.43. The van der Waals surface area contributed by atoms with E-state index >= 15 is 0 Å². The van der Waals surface area contributed by atoms with Crippen molar-refractivity contribution in [2.75, 3.05) is 39.3 Å². The summed E-state index contributed by atoms with van der Waals surface area (Å²) in [5.41, 5.74) is 0. The molecule has 2 fully saturated rings. The molecule has 16 heavy (non-hydrogen) atoms. The first-order valence-corrected chi connectivity index (χ1v) is 6.45. The van der Waals surface area contributed by atoms with Crippen molar-refractivity contribution in [3.63, 3.8) is 0 Å². The van der Waals surface area contributed by atoms with Crippen LogP contribution in [0.2, 0.25) is 0 Å². The SMILES string of the molecule is C(#CCN1CCNCC1)CC1CCCCO1. The van der Waals surface area contributed by atoms with Crippen LogP contribution in [0.15, 0.2) is 0 Å². The second-order valence-corrected chi connectivity index (χ2v) is 4.57. The van der Waals surface area contributed by atoms with Crippen LogP contribution in [0.4, 0.5) is 0 Å². The molecule has 0 aromatic rings. The molecular formula is C13H22N2O. The molecule has 1 atom stereocenters. The highest BCUT2D eigenvalue weighted by molar-refractivity contribution is 5.03. The molecular weight excluding hydrogens is 200 g/mol. The molecule has 2 aliphatic heterocycles. The summed E-state index contributed by atoms with van der Waals surface area (Å²) < 4.78 is 5.64. The maximum absolute atomic E-state index is 5.64. The van der Waals surface area contributed by atoms with Gasteiger partial charge in [0, 0.05) is 39.2 Å². The van der Waals surface area contributed by atoms with Crippen LogP contribution in [0, 0.1) is 11.8 Å². The van der Waals surface area contributed by atoms with E-state index in [4.69, 9.17) is 4.74 Å². The largest absolute Gasteiger partial charge is 0.377 e. The van der Waals surface area contributed by atoms with Crippen molar-refractivity contribution in [2.24, 2.45) is 0 Å². The van der Waals surface area contributed by atoms with Gasteiger partial charge in [-0.1, -0.05) is 11.8 Å². The van der Waals surface area contributed by atoms with Crippen molar-refractivity contribution in [3.8, 4) is 11.8 Å². The minimum Gasteiger partial charge on any atom is -0.377 e. The Labute approximate surface area is 98.5 Å². The number of nitrogens with zero attached hydrogens (tertiary/aromatic N) is 1. The molecule has 2 saturated heterocycles. The number of rotatable bonds is 2. The van der Waals surface area contributed by atoms with Crippen molar-refractivity contribution in [3.05, 3.63) is 0 Å². The first kappa shape index (κ1) is 11.9. The van der Waals surface area contributed by atoms with E-state index in [-0.39, 0.29) is 0 Å². The number of hydrogen-bond donors (Lipinski definition) is 1. The fourth-order valence-corrected chi connectivity index (χ4v) is 2.19. The molecule has 1 N–H and O–H groups in total. The van der Waals surface area contributed by atoms with Crippen molar-refractivity contribution in [1.82, 2.24) is 10.2 Å². The second-order valence-electron chi connectivity index (χ2n) is 4.57. The van der Waals surface area contributed by atoms with Crippen LogP contribution < -0.4 is 5.32 Å². The highest BCUT2D eigenvalue weighted by atomic mass is 16.5.